The fourth-order valence-electron chi connectivity index (χ4n) is 2.30. The van der Waals surface area contributed by atoms with Crippen molar-refractivity contribution in [3.8, 4) is 0 Å². The van der Waals surface area contributed by atoms with Crippen LogP contribution in [0.4, 0.5) is 0 Å². The summed E-state index contributed by atoms with van der Waals surface area (Å²) < 4.78 is 6.64. The van der Waals surface area contributed by atoms with Crippen LogP contribution in [0.5, 0.6) is 0 Å². The van der Waals surface area contributed by atoms with Crippen LogP contribution in [0.3, 0.4) is 0 Å². The Bertz CT molecular complexity index is 547. The Morgan fingerprint density at radius 3 is 2.68 bits per heavy atom. The average Bonchev–Trinajstić information content (AvgIpc) is 2.79. The lowest BCUT2D eigenvalue weighted by molar-refractivity contribution is 0.413. The van der Waals surface area contributed by atoms with Crippen LogP contribution in [-0.2, 0) is 6.42 Å². The topological polar surface area (TPSA) is 25.2 Å². The number of rotatable bonds is 5. The van der Waals surface area contributed by atoms with Crippen molar-refractivity contribution in [3.63, 3.8) is 0 Å². The Morgan fingerprint density at radius 2 is 2.05 bits per heavy atom. The fourth-order valence-corrected chi connectivity index (χ4v) is 2.78. The van der Waals surface area contributed by atoms with E-state index in [4.69, 9.17) is 4.42 Å². The minimum absolute atomic E-state index is 0.204. The molecule has 2 aromatic rings. The second-order valence-electron chi connectivity index (χ2n) is 4.88. The molecule has 0 saturated heterocycles. The lowest BCUT2D eigenvalue weighted by Crippen LogP contribution is -2.23. The van der Waals surface area contributed by atoms with E-state index in [9.17, 15) is 0 Å². The van der Waals surface area contributed by atoms with Gasteiger partial charge in [0.15, 0.2) is 0 Å². The van der Waals surface area contributed by atoms with Gasteiger partial charge in [0.05, 0.1) is 16.8 Å². The molecule has 1 unspecified atom stereocenters. The van der Waals surface area contributed by atoms with Crippen molar-refractivity contribution >= 4 is 15.9 Å². The Hall–Kier alpha value is -1.06. The van der Waals surface area contributed by atoms with Crippen molar-refractivity contribution in [1.29, 1.82) is 0 Å². The van der Waals surface area contributed by atoms with Crippen LogP contribution in [0.2, 0.25) is 0 Å². The number of hydrogen-bond acceptors (Lipinski definition) is 2. The van der Waals surface area contributed by atoms with E-state index in [0.717, 1.165) is 23.2 Å². The number of furan rings is 1. The number of benzene rings is 1. The molecule has 0 radical (unpaired) electrons. The normalized spacial score (nSPS) is 12.6. The molecule has 0 fully saturated rings. The number of halogens is 1. The summed E-state index contributed by atoms with van der Waals surface area (Å²) in [5.74, 6) is 0.975. The highest BCUT2D eigenvalue weighted by atomic mass is 79.9. The highest BCUT2D eigenvalue weighted by molar-refractivity contribution is 9.10. The van der Waals surface area contributed by atoms with Crippen LogP contribution in [-0.4, -0.2) is 6.54 Å². The lowest BCUT2D eigenvalue weighted by atomic mass is 9.98. The number of nitrogens with one attached hydrogen (secondary N) is 1. The van der Waals surface area contributed by atoms with Crippen molar-refractivity contribution in [2.45, 2.75) is 33.2 Å². The van der Waals surface area contributed by atoms with Gasteiger partial charge in [-0.1, -0.05) is 30.7 Å². The zero-order valence-electron chi connectivity index (χ0n) is 11.7. The van der Waals surface area contributed by atoms with Gasteiger partial charge in [0.25, 0.3) is 0 Å². The van der Waals surface area contributed by atoms with Crippen LogP contribution in [0, 0.1) is 13.8 Å². The van der Waals surface area contributed by atoms with E-state index in [-0.39, 0.29) is 6.04 Å². The first-order valence-electron chi connectivity index (χ1n) is 6.64. The summed E-state index contributed by atoms with van der Waals surface area (Å²) >= 11 is 3.55. The van der Waals surface area contributed by atoms with E-state index >= 15 is 0 Å². The molecule has 19 heavy (non-hydrogen) atoms. The molecule has 3 heteroatoms. The second-order valence-corrected chi connectivity index (χ2v) is 5.73. The minimum Gasteiger partial charge on any atom is -0.466 e. The zero-order chi connectivity index (χ0) is 13.8. The molecule has 0 bridgehead atoms. The molecule has 1 aromatic carbocycles. The fraction of sp³-hybridized carbons (Fsp3) is 0.375. The summed E-state index contributed by atoms with van der Waals surface area (Å²) in [5, 5.41) is 3.50. The highest BCUT2D eigenvalue weighted by Crippen LogP contribution is 2.28. The van der Waals surface area contributed by atoms with Gasteiger partial charge in [-0.15, -0.1) is 0 Å². The van der Waals surface area contributed by atoms with Gasteiger partial charge in [0.1, 0.15) is 5.76 Å². The second kappa shape index (κ2) is 6.40. The summed E-state index contributed by atoms with van der Waals surface area (Å²) in [6.45, 7) is 7.33. The van der Waals surface area contributed by atoms with E-state index in [0.29, 0.717) is 0 Å². The SMILES string of the molecule is CCNC(Cc1cc(C)ccc1C)c1occc1Br. The lowest BCUT2D eigenvalue weighted by Gasteiger charge is -2.18. The summed E-state index contributed by atoms with van der Waals surface area (Å²) in [5.41, 5.74) is 4.00. The average molecular weight is 322 g/mol. The third-order valence-corrected chi connectivity index (χ3v) is 4.00. The number of likely N-dealkylation sites (N-methyl/N-ethyl adjacent to an activating group) is 1. The first-order valence-corrected chi connectivity index (χ1v) is 7.43. The summed E-state index contributed by atoms with van der Waals surface area (Å²) in [4.78, 5) is 0. The van der Waals surface area contributed by atoms with Gasteiger partial charge in [-0.05, 0) is 59.9 Å². The molecule has 0 aliphatic rings. The van der Waals surface area contributed by atoms with Crippen LogP contribution in [0.25, 0.3) is 0 Å². The smallest absolute Gasteiger partial charge is 0.135 e. The molecule has 102 valence electrons. The van der Waals surface area contributed by atoms with E-state index < -0.39 is 0 Å². The molecule has 1 atom stereocenters. The number of aryl methyl sites for hydroxylation is 2. The molecular formula is C16H20BrNO. The molecule has 0 saturated carbocycles. The van der Waals surface area contributed by atoms with Gasteiger partial charge in [-0.3, -0.25) is 0 Å². The number of hydrogen-bond donors (Lipinski definition) is 1. The Labute approximate surface area is 123 Å². The quantitative estimate of drug-likeness (QED) is 0.873. The zero-order valence-corrected chi connectivity index (χ0v) is 13.3. The summed E-state index contributed by atoms with van der Waals surface area (Å²) in [7, 11) is 0. The van der Waals surface area contributed by atoms with E-state index in [1.807, 2.05) is 6.07 Å². The van der Waals surface area contributed by atoms with Crippen LogP contribution >= 0.6 is 15.9 Å². The molecule has 2 rings (SSSR count). The van der Waals surface area contributed by atoms with E-state index in [1.165, 1.54) is 16.7 Å². The predicted molar refractivity (Wildman–Crippen MR) is 82.4 cm³/mol. The van der Waals surface area contributed by atoms with E-state index in [2.05, 4.69) is 60.2 Å². The van der Waals surface area contributed by atoms with Gasteiger partial charge >= 0.3 is 0 Å². The van der Waals surface area contributed by atoms with Crippen molar-refractivity contribution in [1.82, 2.24) is 5.32 Å². The maximum atomic E-state index is 5.61. The molecule has 1 N–H and O–H groups in total. The van der Waals surface area contributed by atoms with E-state index in [1.54, 1.807) is 6.26 Å². The summed E-state index contributed by atoms with van der Waals surface area (Å²) in [6, 6.07) is 8.75. The van der Waals surface area contributed by atoms with Crippen LogP contribution in [0.1, 0.15) is 35.4 Å². The Morgan fingerprint density at radius 1 is 1.26 bits per heavy atom. The van der Waals surface area contributed by atoms with Gasteiger partial charge in [-0.2, -0.15) is 0 Å². The maximum Gasteiger partial charge on any atom is 0.135 e. The standard InChI is InChI=1S/C16H20BrNO/c1-4-18-15(16-14(17)7-8-19-16)10-13-9-11(2)5-6-12(13)3/h5-9,15,18H,4,10H2,1-3H3. The molecule has 0 aliphatic carbocycles. The first-order chi connectivity index (χ1) is 9.11. The Balaban J connectivity index is 2.26. The largest absolute Gasteiger partial charge is 0.466 e. The Kier molecular flexibility index (Phi) is 4.83. The first kappa shape index (κ1) is 14.4. The van der Waals surface area contributed by atoms with Crippen LogP contribution in [0.15, 0.2) is 39.4 Å². The third-order valence-electron chi connectivity index (χ3n) is 3.34. The predicted octanol–water partition coefficient (Wildman–Crippen LogP) is 4.55. The molecule has 0 spiro atoms. The van der Waals surface area contributed by atoms with Crippen molar-refractivity contribution in [2.24, 2.45) is 0 Å². The highest BCUT2D eigenvalue weighted by Gasteiger charge is 2.18. The monoisotopic (exact) mass is 321 g/mol. The van der Waals surface area contributed by atoms with Gasteiger partial charge in [0, 0.05) is 0 Å². The molecule has 1 aromatic heterocycles. The minimum atomic E-state index is 0.204. The maximum absolute atomic E-state index is 5.61. The van der Waals surface area contributed by atoms with Gasteiger partial charge < -0.3 is 9.73 Å². The van der Waals surface area contributed by atoms with Crippen molar-refractivity contribution in [2.75, 3.05) is 6.54 Å². The summed E-state index contributed by atoms with van der Waals surface area (Å²) in [6.07, 6.45) is 2.67. The molecule has 2 nitrogen and oxygen atoms in total. The van der Waals surface area contributed by atoms with Crippen molar-refractivity contribution < 1.29 is 4.42 Å². The molecular weight excluding hydrogens is 302 g/mol. The molecule has 0 aliphatic heterocycles. The van der Waals surface area contributed by atoms with Gasteiger partial charge in [0.2, 0.25) is 0 Å². The molecule has 0 amide bonds. The van der Waals surface area contributed by atoms with Crippen LogP contribution < -0.4 is 5.32 Å². The third kappa shape index (κ3) is 3.48. The van der Waals surface area contributed by atoms with Gasteiger partial charge in [-0.25, -0.2) is 0 Å². The van der Waals surface area contributed by atoms with Crippen molar-refractivity contribution in [3.05, 3.63) is 57.5 Å². The molecule has 1 heterocycles.